The van der Waals surface area contributed by atoms with Crippen LogP contribution in [0.5, 0.6) is 0 Å². The highest BCUT2D eigenvalue weighted by molar-refractivity contribution is 6.06. The molecule has 214 valence electrons. The summed E-state index contributed by atoms with van der Waals surface area (Å²) in [5, 5.41) is 17.5. The van der Waals surface area contributed by atoms with E-state index in [0.29, 0.717) is 29.5 Å². The number of nitro benzene ring substituents is 1. The van der Waals surface area contributed by atoms with Crippen LogP contribution in [0.15, 0.2) is 53.6 Å². The van der Waals surface area contributed by atoms with E-state index in [0.717, 1.165) is 19.3 Å². The van der Waals surface area contributed by atoms with Crippen molar-refractivity contribution in [1.82, 2.24) is 5.01 Å². The molecule has 0 radical (unpaired) electrons. The average Bonchev–Trinajstić information content (AvgIpc) is 3.24. The van der Waals surface area contributed by atoms with Gasteiger partial charge in [0.05, 0.1) is 11.1 Å². The number of fused-ring (bicyclic) bond motifs is 4. The zero-order chi connectivity index (χ0) is 29.2. The molecule has 0 amide bonds. The van der Waals surface area contributed by atoms with Gasteiger partial charge >= 0.3 is 17.9 Å². The van der Waals surface area contributed by atoms with Gasteiger partial charge in [0.15, 0.2) is 6.04 Å². The van der Waals surface area contributed by atoms with E-state index in [1.54, 1.807) is 39.1 Å². The van der Waals surface area contributed by atoms with Crippen LogP contribution in [-0.2, 0) is 28.6 Å². The predicted molar refractivity (Wildman–Crippen MR) is 145 cm³/mol. The lowest BCUT2D eigenvalue weighted by molar-refractivity contribution is -0.384. The SMILES string of the molecule is CC(C)(C)OC(=O)[C@@H]1[C@H](c2ccc([N+](=O)[O-])cc2)C2(C(=O)OC3(CCCCC3)OC2=O)[C@H]2c3ccccc3C=NN12. The molecule has 2 spiro atoms. The highest BCUT2D eigenvalue weighted by atomic mass is 16.7. The molecule has 0 unspecified atom stereocenters. The molecule has 6 rings (SSSR count). The third kappa shape index (κ3) is 4.17. The second kappa shape index (κ2) is 9.39. The summed E-state index contributed by atoms with van der Waals surface area (Å²) < 4.78 is 18.0. The summed E-state index contributed by atoms with van der Waals surface area (Å²) in [6, 6.07) is 10.4. The van der Waals surface area contributed by atoms with Gasteiger partial charge in [0.25, 0.3) is 11.5 Å². The minimum absolute atomic E-state index is 0.175. The van der Waals surface area contributed by atoms with E-state index in [9.17, 15) is 24.5 Å². The lowest BCUT2D eigenvalue weighted by Crippen LogP contribution is -2.60. The number of hydrogen-bond donors (Lipinski definition) is 0. The van der Waals surface area contributed by atoms with Crippen molar-refractivity contribution in [1.29, 1.82) is 0 Å². The number of rotatable bonds is 3. The van der Waals surface area contributed by atoms with Gasteiger partial charge in [0.2, 0.25) is 5.41 Å². The summed E-state index contributed by atoms with van der Waals surface area (Å²) >= 11 is 0. The van der Waals surface area contributed by atoms with Crippen molar-refractivity contribution in [3.63, 3.8) is 0 Å². The number of hydrogen-bond acceptors (Lipinski definition) is 10. The Bertz CT molecular complexity index is 1430. The fourth-order valence-electron chi connectivity index (χ4n) is 6.71. The van der Waals surface area contributed by atoms with Crippen molar-refractivity contribution in [2.45, 2.75) is 82.3 Å². The Labute approximate surface area is 236 Å². The number of carbonyl (C=O) groups is 3. The van der Waals surface area contributed by atoms with Crippen molar-refractivity contribution < 1.29 is 33.5 Å². The highest BCUT2D eigenvalue weighted by Crippen LogP contribution is 2.63. The van der Waals surface area contributed by atoms with Gasteiger partial charge in [-0.2, -0.15) is 5.10 Å². The van der Waals surface area contributed by atoms with Crippen molar-refractivity contribution >= 4 is 29.8 Å². The van der Waals surface area contributed by atoms with Crippen LogP contribution in [-0.4, -0.2) is 51.5 Å². The fourth-order valence-corrected chi connectivity index (χ4v) is 6.71. The third-order valence-electron chi connectivity index (χ3n) is 8.37. The standard InChI is InChI=1S/C30H31N3O8/c1-28(2,3)39-25(34)23-22(18-11-13-20(14-12-18)33(37)38)30(24-21-10-6-5-9-19(21)17-31-32(23)24)26(35)40-29(41-27(30)36)15-7-4-8-16-29/h5-6,9-14,17,22-24H,4,7-8,15-16H2,1-3H3/t22-,23-,24+/m0/s1. The van der Waals surface area contributed by atoms with Gasteiger partial charge in [-0.25, -0.2) is 4.79 Å². The Morgan fingerprint density at radius 3 is 2.27 bits per heavy atom. The zero-order valence-electron chi connectivity index (χ0n) is 23.1. The maximum Gasteiger partial charge on any atom is 0.331 e. The van der Waals surface area contributed by atoms with Gasteiger partial charge in [-0.05, 0) is 50.3 Å². The van der Waals surface area contributed by atoms with Crippen LogP contribution in [0, 0.1) is 15.5 Å². The molecule has 3 atom stereocenters. The van der Waals surface area contributed by atoms with Crippen LogP contribution >= 0.6 is 0 Å². The first kappa shape index (κ1) is 26.9. The molecule has 0 N–H and O–H groups in total. The summed E-state index contributed by atoms with van der Waals surface area (Å²) in [5.41, 5.74) is -1.48. The lowest BCUT2D eigenvalue weighted by atomic mass is 9.65. The highest BCUT2D eigenvalue weighted by Gasteiger charge is 2.76. The van der Waals surface area contributed by atoms with Crippen LogP contribution in [0.3, 0.4) is 0 Å². The van der Waals surface area contributed by atoms with E-state index in [4.69, 9.17) is 14.2 Å². The normalized spacial score (nSPS) is 25.7. The van der Waals surface area contributed by atoms with E-state index < -0.39 is 57.6 Å². The number of nitrogens with zero attached hydrogens (tertiary/aromatic N) is 3. The molecule has 2 saturated heterocycles. The van der Waals surface area contributed by atoms with Crippen LogP contribution < -0.4 is 0 Å². The summed E-state index contributed by atoms with van der Waals surface area (Å²) in [6.45, 7) is 5.16. The molecule has 11 heteroatoms. The number of esters is 3. The Kier molecular flexibility index (Phi) is 6.16. The first-order valence-electron chi connectivity index (χ1n) is 13.8. The van der Waals surface area contributed by atoms with Crippen LogP contribution in [0.25, 0.3) is 0 Å². The molecule has 1 saturated carbocycles. The largest absolute Gasteiger partial charge is 0.458 e. The molecule has 3 fully saturated rings. The van der Waals surface area contributed by atoms with Crippen LogP contribution in [0.2, 0.25) is 0 Å². The van der Waals surface area contributed by atoms with E-state index in [2.05, 4.69) is 5.10 Å². The molecule has 41 heavy (non-hydrogen) atoms. The number of hydrazone groups is 1. The van der Waals surface area contributed by atoms with E-state index in [1.165, 1.54) is 29.3 Å². The molecule has 4 aliphatic rings. The molecule has 0 bridgehead atoms. The first-order chi connectivity index (χ1) is 19.5. The Morgan fingerprint density at radius 1 is 1.02 bits per heavy atom. The van der Waals surface area contributed by atoms with E-state index in [1.807, 2.05) is 12.1 Å². The van der Waals surface area contributed by atoms with Crippen LogP contribution in [0.1, 0.15) is 81.5 Å². The lowest BCUT2D eigenvalue weighted by Gasteiger charge is -2.47. The summed E-state index contributed by atoms with van der Waals surface area (Å²) in [4.78, 5) is 53.9. The van der Waals surface area contributed by atoms with Gasteiger partial charge in [-0.3, -0.25) is 24.7 Å². The predicted octanol–water partition coefficient (Wildman–Crippen LogP) is 4.54. The number of ether oxygens (including phenoxy) is 3. The molecule has 0 aromatic heterocycles. The summed E-state index contributed by atoms with van der Waals surface area (Å²) in [7, 11) is 0. The molecular weight excluding hydrogens is 530 g/mol. The summed E-state index contributed by atoms with van der Waals surface area (Å²) in [5.74, 6) is -4.84. The topological polar surface area (TPSA) is 138 Å². The molecule has 2 aromatic rings. The number of non-ortho nitro benzene ring substituents is 1. The monoisotopic (exact) mass is 561 g/mol. The van der Waals surface area contributed by atoms with Crippen molar-refractivity contribution in [2.24, 2.45) is 10.5 Å². The Hall–Kier alpha value is -4.28. The van der Waals surface area contributed by atoms with E-state index >= 15 is 0 Å². The molecule has 3 aliphatic heterocycles. The molecule has 2 aromatic carbocycles. The van der Waals surface area contributed by atoms with E-state index in [-0.39, 0.29) is 5.69 Å². The maximum absolute atomic E-state index is 14.5. The number of benzene rings is 2. The van der Waals surface area contributed by atoms with Gasteiger partial charge < -0.3 is 14.2 Å². The van der Waals surface area contributed by atoms with Gasteiger partial charge in [-0.1, -0.05) is 42.8 Å². The smallest absolute Gasteiger partial charge is 0.331 e. The Morgan fingerprint density at radius 2 is 1.66 bits per heavy atom. The second-order valence-electron chi connectivity index (χ2n) is 12.1. The molecule has 11 nitrogen and oxygen atoms in total. The van der Waals surface area contributed by atoms with Crippen molar-refractivity contribution in [2.75, 3.05) is 0 Å². The van der Waals surface area contributed by atoms with Gasteiger partial charge in [0, 0.05) is 30.9 Å². The van der Waals surface area contributed by atoms with Crippen molar-refractivity contribution in [3.05, 3.63) is 75.3 Å². The minimum Gasteiger partial charge on any atom is -0.458 e. The minimum atomic E-state index is -2.05. The summed E-state index contributed by atoms with van der Waals surface area (Å²) in [6.07, 6.45) is 4.78. The Balaban J connectivity index is 1.59. The molecule has 3 heterocycles. The molecule has 1 aliphatic carbocycles. The average molecular weight is 562 g/mol. The van der Waals surface area contributed by atoms with Crippen molar-refractivity contribution in [3.8, 4) is 0 Å². The quantitative estimate of drug-likeness (QED) is 0.229. The number of carbonyl (C=O) groups excluding carboxylic acids is 3. The number of nitro groups is 1. The third-order valence-corrected chi connectivity index (χ3v) is 8.37. The zero-order valence-corrected chi connectivity index (χ0v) is 23.1. The van der Waals surface area contributed by atoms with Gasteiger partial charge in [-0.15, -0.1) is 0 Å². The first-order valence-corrected chi connectivity index (χ1v) is 13.8. The van der Waals surface area contributed by atoms with Crippen LogP contribution in [0.4, 0.5) is 5.69 Å². The van der Waals surface area contributed by atoms with Gasteiger partial charge in [0.1, 0.15) is 11.6 Å². The fraction of sp³-hybridized carbons (Fsp3) is 0.467. The second-order valence-corrected chi connectivity index (χ2v) is 12.1. The maximum atomic E-state index is 14.5. The molecular formula is C30H31N3O8.